The van der Waals surface area contributed by atoms with Crippen LogP contribution in [-0.2, 0) is 5.54 Å². The molecule has 1 aliphatic carbocycles. The first kappa shape index (κ1) is 17.9. The Morgan fingerprint density at radius 3 is 2.44 bits per heavy atom. The summed E-state index contributed by atoms with van der Waals surface area (Å²) in [7, 11) is 0. The van der Waals surface area contributed by atoms with Gasteiger partial charge in [-0.05, 0) is 31.0 Å². The Morgan fingerprint density at radius 2 is 1.88 bits per heavy atom. The van der Waals surface area contributed by atoms with Crippen LogP contribution in [0, 0.1) is 17.8 Å². The Labute approximate surface area is 144 Å². The average molecular weight is 381 g/mol. The molecule has 25 heavy (non-hydrogen) atoms. The lowest BCUT2D eigenvalue weighted by atomic mass is 9.85. The molecule has 0 amide bonds. The summed E-state index contributed by atoms with van der Waals surface area (Å²) in [5.41, 5.74) is -3.75. The summed E-state index contributed by atoms with van der Waals surface area (Å²) >= 11 is 5.80. The molecule has 3 rings (SSSR count). The number of alkyl halides is 6. The summed E-state index contributed by atoms with van der Waals surface area (Å²) in [6.45, 7) is -1.83. The number of nitrogens with zero attached hydrogens (tertiary/aromatic N) is 2. The van der Waals surface area contributed by atoms with Crippen LogP contribution in [-0.4, -0.2) is 30.1 Å². The van der Waals surface area contributed by atoms with Crippen LogP contribution in [0.5, 0.6) is 0 Å². The van der Waals surface area contributed by atoms with Crippen molar-refractivity contribution in [2.24, 2.45) is 10.9 Å². The molecule has 2 aliphatic rings. The van der Waals surface area contributed by atoms with Gasteiger partial charge in [0.1, 0.15) is 6.54 Å². The van der Waals surface area contributed by atoms with Crippen LogP contribution in [0.2, 0.25) is 5.02 Å². The highest BCUT2D eigenvalue weighted by Gasteiger charge is 2.62. The number of fused-ring (bicyclic) bond motifs is 1. The van der Waals surface area contributed by atoms with Gasteiger partial charge in [-0.15, -0.1) is 0 Å². The van der Waals surface area contributed by atoms with E-state index in [9.17, 15) is 26.3 Å². The van der Waals surface area contributed by atoms with Crippen molar-refractivity contribution in [1.82, 2.24) is 4.90 Å². The van der Waals surface area contributed by atoms with Gasteiger partial charge in [-0.25, -0.2) is 4.99 Å². The number of rotatable bonds is 1. The third-order valence-electron chi connectivity index (χ3n) is 3.91. The third-order valence-corrected chi connectivity index (χ3v) is 4.14. The predicted molar refractivity (Wildman–Crippen MR) is 80.6 cm³/mol. The van der Waals surface area contributed by atoms with E-state index >= 15 is 0 Å². The van der Waals surface area contributed by atoms with Crippen LogP contribution in [0.1, 0.15) is 18.4 Å². The summed E-state index contributed by atoms with van der Waals surface area (Å²) in [5.74, 6) is 4.33. The van der Waals surface area contributed by atoms with Gasteiger partial charge in [0.25, 0.3) is 0 Å². The van der Waals surface area contributed by atoms with E-state index in [1.54, 1.807) is 0 Å². The molecule has 1 aliphatic heterocycles. The van der Waals surface area contributed by atoms with Crippen molar-refractivity contribution in [3.63, 3.8) is 0 Å². The number of hydrogen-bond acceptors (Lipinski definition) is 2. The maximum atomic E-state index is 14.1. The van der Waals surface area contributed by atoms with Gasteiger partial charge in [-0.3, -0.25) is 0 Å². The first-order valence-corrected chi connectivity index (χ1v) is 7.68. The molecule has 0 N–H and O–H groups in total. The van der Waals surface area contributed by atoms with E-state index in [-0.39, 0.29) is 21.5 Å². The van der Waals surface area contributed by atoms with Gasteiger partial charge in [-0.1, -0.05) is 23.4 Å². The Kier molecular flexibility index (Phi) is 4.18. The van der Waals surface area contributed by atoms with Crippen LogP contribution in [0.25, 0.3) is 0 Å². The van der Waals surface area contributed by atoms with Gasteiger partial charge in [0.2, 0.25) is 5.54 Å². The number of benzene rings is 1. The van der Waals surface area contributed by atoms with Gasteiger partial charge in [0, 0.05) is 16.5 Å². The van der Waals surface area contributed by atoms with E-state index in [0.717, 1.165) is 6.07 Å². The zero-order valence-corrected chi connectivity index (χ0v) is 13.3. The molecular formula is C16H11ClF6N2. The van der Waals surface area contributed by atoms with E-state index in [0.29, 0.717) is 19.2 Å². The molecule has 1 atom stereocenters. The van der Waals surface area contributed by atoms with E-state index in [1.165, 1.54) is 12.1 Å². The van der Waals surface area contributed by atoms with Gasteiger partial charge < -0.3 is 4.90 Å². The van der Waals surface area contributed by atoms with Gasteiger partial charge in [0.15, 0.2) is 0 Å². The quantitative estimate of drug-likeness (QED) is 0.492. The molecule has 0 bridgehead atoms. The maximum absolute atomic E-state index is 14.1. The molecule has 9 heteroatoms. The zero-order chi connectivity index (χ0) is 18.5. The summed E-state index contributed by atoms with van der Waals surface area (Å²) in [5, 5.41) is -0.0374. The summed E-state index contributed by atoms with van der Waals surface area (Å²) in [6.07, 6.45) is -8.13. The Hall–Kier alpha value is -1.88. The molecule has 134 valence electrons. The second-order valence-electron chi connectivity index (χ2n) is 5.90. The highest BCUT2D eigenvalue weighted by Crippen LogP contribution is 2.50. The topological polar surface area (TPSA) is 15.6 Å². The van der Waals surface area contributed by atoms with Crippen molar-refractivity contribution in [1.29, 1.82) is 0 Å². The lowest BCUT2D eigenvalue weighted by Crippen LogP contribution is -2.58. The fourth-order valence-electron chi connectivity index (χ4n) is 2.60. The Bertz CT molecular complexity index is 770. The van der Waals surface area contributed by atoms with E-state index in [2.05, 4.69) is 16.8 Å². The molecule has 1 unspecified atom stereocenters. The van der Waals surface area contributed by atoms with Crippen LogP contribution < -0.4 is 0 Å². The standard InChI is InChI=1S/C16H11ClF6N2/c17-11-3-4-13-12(7-11)14(16(21,22)23,6-5-10-1-2-10)25(9-24-13)8-15(18,19)20/h3-4,7,9-10H,1-2,8H2. The molecule has 1 fully saturated rings. The summed E-state index contributed by atoms with van der Waals surface area (Å²) < 4.78 is 80.9. The largest absolute Gasteiger partial charge is 0.427 e. The van der Waals surface area contributed by atoms with E-state index < -0.39 is 30.0 Å². The second-order valence-corrected chi connectivity index (χ2v) is 6.34. The summed E-state index contributed by atoms with van der Waals surface area (Å²) in [4.78, 5) is 3.82. The Morgan fingerprint density at radius 1 is 1.20 bits per heavy atom. The molecule has 1 heterocycles. The number of halogens is 7. The van der Waals surface area contributed by atoms with Crippen molar-refractivity contribution in [2.45, 2.75) is 30.7 Å². The average Bonchev–Trinajstić information content (AvgIpc) is 3.27. The highest BCUT2D eigenvalue weighted by molar-refractivity contribution is 6.30. The molecule has 2 nitrogen and oxygen atoms in total. The van der Waals surface area contributed by atoms with Crippen molar-refractivity contribution in [3.05, 3.63) is 28.8 Å². The maximum Gasteiger partial charge on any atom is 0.427 e. The van der Waals surface area contributed by atoms with Crippen LogP contribution in [0.3, 0.4) is 0 Å². The normalized spacial score (nSPS) is 23.1. The fourth-order valence-corrected chi connectivity index (χ4v) is 2.77. The summed E-state index contributed by atoms with van der Waals surface area (Å²) in [6, 6.07) is 3.54. The minimum absolute atomic E-state index is 0.0374. The zero-order valence-electron chi connectivity index (χ0n) is 12.5. The first-order chi connectivity index (χ1) is 11.5. The number of aliphatic imine (C=N–C) groups is 1. The third kappa shape index (κ3) is 3.43. The van der Waals surface area contributed by atoms with Crippen LogP contribution in [0.15, 0.2) is 23.2 Å². The van der Waals surface area contributed by atoms with Crippen molar-refractivity contribution in [3.8, 4) is 11.8 Å². The van der Waals surface area contributed by atoms with Crippen molar-refractivity contribution < 1.29 is 26.3 Å². The second kappa shape index (κ2) is 5.84. The molecule has 1 saturated carbocycles. The molecule has 0 radical (unpaired) electrons. The molecule has 1 aromatic rings. The van der Waals surface area contributed by atoms with Crippen molar-refractivity contribution >= 4 is 23.6 Å². The molecule has 0 aromatic heterocycles. The molecule has 1 aromatic carbocycles. The molecule has 0 saturated heterocycles. The fraction of sp³-hybridized carbons (Fsp3) is 0.438. The van der Waals surface area contributed by atoms with E-state index in [4.69, 9.17) is 11.6 Å². The number of hydrogen-bond donors (Lipinski definition) is 0. The monoisotopic (exact) mass is 380 g/mol. The molecule has 0 spiro atoms. The molecular weight excluding hydrogens is 370 g/mol. The van der Waals surface area contributed by atoms with E-state index in [1.807, 2.05) is 0 Å². The van der Waals surface area contributed by atoms with Gasteiger partial charge in [-0.2, -0.15) is 26.3 Å². The van der Waals surface area contributed by atoms with Gasteiger partial charge >= 0.3 is 12.4 Å². The minimum atomic E-state index is -5.09. The lowest BCUT2D eigenvalue weighted by Gasteiger charge is -2.43. The Balaban J connectivity index is 2.24. The highest BCUT2D eigenvalue weighted by atomic mass is 35.5. The predicted octanol–water partition coefficient (Wildman–Crippen LogP) is 5.05. The lowest BCUT2D eigenvalue weighted by molar-refractivity contribution is -0.221. The van der Waals surface area contributed by atoms with Gasteiger partial charge in [0.05, 0.1) is 12.0 Å². The van der Waals surface area contributed by atoms with Crippen molar-refractivity contribution in [2.75, 3.05) is 6.54 Å². The van der Waals surface area contributed by atoms with Crippen LogP contribution in [0.4, 0.5) is 32.0 Å². The minimum Gasteiger partial charge on any atom is -0.326 e. The van der Waals surface area contributed by atoms with Crippen LogP contribution >= 0.6 is 11.6 Å². The first-order valence-electron chi connectivity index (χ1n) is 7.30. The SMILES string of the molecule is FC(F)(F)CN1C=Nc2ccc(Cl)cc2C1(C#CC1CC1)C(F)(F)F. The smallest absolute Gasteiger partial charge is 0.326 e.